The number of carbonyl (C=O) groups excluding carboxylic acids is 1. The Labute approximate surface area is 115 Å². The Hall–Kier alpha value is -1.06. The molecule has 2 atom stereocenters. The number of hydrogen-bond acceptors (Lipinski definition) is 3. The minimum atomic E-state index is -0.145. The zero-order valence-electron chi connectivity index (χ0n) is 9.53. The largest absolute Gasteiger partial charge is 0.391 e. The number of nitrogens with zero attached hydrogens (tertiary/aromatic N) is 1. The van der Waals surface area contributed by atoms with E-state index in [1.807, 2.05) is 0 Å². The van der Waals surface area contributed by atoms with E-state index in [9.17, 15) is 4.79 Å². The van der Waals surface area contributed by atoms with Crippen LogP contribution in [0, 0.1) is 5.92 Å². The first-order chi connectivity index (χ1) is 8.66. The van der Waals surface area contributed by atoms with Gasteiger partial charge in [-0.3, -0.25) is 4.79 Å². The maximum absolute atomic E-state index is 11.4. The van der Waals surface area contributed by atoms with Crippen molar-refractivity contribution in [3.05, 3.63) is 33.8 Å². The standard InChI is InChI=1S/C13H11Cl2NO2/c14-9-2-1-3-10(15)12(9)13-8-5-4-7(17)6-11(8)18-16-13/h1-3,8,11H,4-6H2. The maximum Gasteiger partial charge on any atom is 0.142 e. The topological polar surface area (TPSA) is 38.7 Å². The Morgan fingerprint density at radius 1 is 1.28 bits per heavy atom. The Morgan fingerprint density at radius 2 is 2.00 bits per heavy atom. The van der Waals surface area contributed by atoms with Gasteiger partial charge in [-0.05, 0) is 18.6 Å². The van der Waals surface area contributed by atoms with E-state index in [4.69, 9.17) is 28.0 Å². The second kappa shape index (κ2) is 4.56. The van der Waals surface area contributed by atoms with Crippen LogP contribution in [0.2, 0.25) is 10.0 Å². The van der Waals surface area contributed by atoms with Crippen molar-refractivity contribution < 1.29 is 9.63 Å². The number of fused-ring (bicyclic) bond motifs is 1. The molecule has 2 unspecified atom stereocenters. The number of Topliss-reactive ketones (excluding diaryl/α,β-unsaturated/α-hetero) is 1. The normalized spacial score (nSPS) is 26.6. The van der Waals surface area contributed by atoms with Crippen LogP contribution in [0.15, 0.2) is 23.4 Å². The molecule has 3 rings (SSSR count). The minimum absolute atomic E-state index is 0.125. The Morgan fingerprint density at radius 3 is 2.72 bits per heavy atom. The van der Waals surface area contributed by atoms with Gasteiger partial charge in [0.15, 0.2) is 0 Å². The van der Waals surface area contributed by atoms with E-state index in [0.717, 1.165) is 17.7 Å². The molecule has 1 aliphatic heterocycles. The molecular weight excluding hydrogens is 273 g/mol. The highest BCUT2D eigenvalue weighted by atomic mass is 35.5. The summed E-state index contributed by atoms with van der Waals surface area (Å²) in [5.74, 6) is 0.359. The zero-order chi connectivity index (χ0) is 12.7. The van der Waals surface area contributed by atoms with Gasteiger partial charge in [-0.1, -0.05) is 34.4 Å². The highest BCUT2D eigenvalue weighted by molar-refractivity contribution is 6.40. The van der Waals surface area contributed by atoms with Crippen LogP contribution in [0.4, 0.5) is 0 Å². The molecular formula is C13H11Cl2NO2. The van der Waals surface area contributed by atoms with Crippen LogP contribution in [-0.4, -0.2) is 17.6 Å². The molecule has 2 aliphatic rings. The average Bonchev–Trinajstić information content (AvgIpc) is 2.72. The molecule has 94 valence electrons. The minimum Gasteiger partial charge on any atom is -0.391 e. The van der Waals surface area contributed by atoms with E-state index in [1.54, 1.807) is 18.2 Å². The zero-order valence-corrected chi connectivity index (χ0v) is 11.0. The van der Waals surface area contributed by atoms with Crippen molar-refractivity contribution in [2.45, 2.75) is 25.4 Å². The fourth-order valence-corrected chi connectivity index (χ4v) is 3.15. The molecule has 1 heterocycles. The van der Waals surface area contributed by atoms with Gasteiger partial charge in [-0.25, -0.2) is 0 Å². The predicted octanol–water partition coefficient (Wildman–Crippen LogP) is 3.47. The van der Waals surface area contributed by atoms with Gasteiger partial charge < -0.3 is 4.84 Å². The average molecular weight is 284 g/mol. The van der Waals surface area contributed by atoms with E-state index in [1.165, 1.54) is 0 Å². The molecule has 0 radical (unpaired) electrons. The first kappa shape index (κ1) is 12.0. The molecule has 18 heavy (non-hydrogen) atoms. The highest BCUT2D eigenvalue weighted by Gasteiger charge is 2.40. The molecule has 1 aliphatic carbocycles. The van der Waals surface area contributed by atoms with E-state index < -0.39 is 0 Å². The summed E-state index contributed by atoms with van der Waals surface area (Å²) >= 11 is 12.4. The molecule has 1 saturated carbocycles. The lowest BCUT2D eigenvalue weighted by Crippen LogP contribution is -2.31. The van der Waals surface area contributed by atoms with Gasteiger partial charge in [0.25, 0.3) is 0 Å². The van der Waals surface area contributed by atoms with Gasteiger partial charge in [0.05, 0.1) is 15.8 Å². The summed E-state index contributed by atoms with van der Waals surface area (Å²) in [7, 11) is 0. The fourth-order valence-electron chi connectivity index (χ4n) is 2.56. The SMILES string of the molecule is O=C1CCC2C(c3c(Cl)cccc3Cl)=NOC2C1. The monoisotopic (exact) mass is 283 g/mol. The third-order valence-electron chi connectivity index (χ3n) is 3.47. The van der Waals surface area contributed by atoms with Crippen molar-refractivity contribution in [2.24, 2.45) is 11.1 Å². The summed E-state index contributed by atoms with van der Waals surface area (Å²) in [5.41, 5.74) is 1.52. The molecule has 5 heteroatoms. The first-order valence-corrected chi connectivity index (χ1v) is 6.62. The molecule has 3 nitrogen and oxygen atoms in total. The van der Waals surface area contributed by atoms with Crippen molar-refractivity contribution in [2.75, 3.05) is 0 Å². The molecule has 0 N–H and O–H groups in total. The van der Waals surface area contributed by atoms with Crippen LogP contribution in [-0.2, 0) is 9.63 Å². The second-order valence-electron chi connectivity index (χ2n) is 4.61. The van der Waals surface area contributed by atoms with Crippen LogP contribution >= 0.6 is 23.2 Å². The number of ketones is 1. The summed E-state index contributed by atoms with van der Waals surface area (Å²) < 4.78 is 0. The van der Waals surface area contributed by atoms with Gasteiger partial charge in [0, 0.05) is 24.3 Å². The van der Waals surface area contributed by atoms with Gasteiger partial charge >= 0.3 is 0 Å². The van der Waals surface area contributed by atoms with Crippen molar-refractivity contribution in [1.82, 2.24) is 0 Å². The molecule has 1 aromatic carbocycles. The highest BCUT2D eigenvalue weighted by Crippen LogP contribution is 2.37. The van der Waals surface area contributed by atoms with Gasteiger partial charge in [0.2, 0.25) is 0 Å². The van der Waals surface area contributed by atoms with Gasteiger partial charge in [0.1, 0.15) is 11.9 Å². The van der Waals surface area contributed by atoms with E-state index in [-0.39, 0.29) is 17.8 Å². The molecule has 1 fully saturated rings. The first-order valence-electron chi connectivity index (χ1n) is 5.86. The van der Waals surface area contributed by atoms with Gasteiger partial charge in [-0.15, -0.1) is 0 Å². The number of rotatable bonds is 1. The molecule has 0 bridgehead atoms. The summed E-state index contributed by atoms with van der Waals surface area (Å²) in [6.45, 7) is 0. The van der Waals surface area contributed by atoms with Crippen LogP contribution in [0.25, 0.3) is 0 Å². The number of halogens is 2. The third-order valence-corrected chi connectivity index (χ3v) is 4.10. The smallest absolute Gasteiger partial charge is 0.142 e. The number of hydrogen-bond donors (Lipinski definition) is 0. The van der Waals surface area contributed by atoms with E-state index >= 15 is 0 Å². The van der Waals surface area contributed by atoms with Crippen molar-refractivity contribution in [1.29, 1.82) is 0 Å². The molecule has 0 spiro atoms. The number of benzene rings is 1. The summed E-state index contributed by atoms with van der Waals surface area (Å²) in [4.78, 5) is 16.8. The fraction of sp³-hybridized carbons (Fsp3) is 0.385. The Balaban J connectivity index is 1.97. The quantitative estimate of drug-likeness (QED) is 0.792. The summed E-state index contributed by atoms with van der Waals surface area (Å²) in [5, 5.41) is 5.25. The van der Waals surface area contributed by atoms with Gasteiger partial charge in [-0.2, -0.15) is 0 Å². The third kappa shape index (κ3) is 1.91. The predicted molar refractivity (Wildman–Crippen MR) is 70.2 cm³/mol. The molecule has 0 aromatic heterocycles. The number of carbonyl (C=O) groups is 1. The molecule has 1 aromatic rings. The lowest BCUT2D eigenvalue weighted by atomic mass is 9.81. The van der Waals surface area contributed by atoms with Crippen LogP contribution in [0.1, 0.15) is 24.8 Å². The van der Waals surface area contributed by atoms with Crippen LogP contribution < -0.4 is 0 Å². The van der Waals surface area contributed by atoms with Crippen LogP contribution in [0.3, 0.4) is 0 Å². The molecule has 0 amide bonds. The Bertz CT molecular complexity index is 522. The second-order valence-corrected chi connectivity index (χ2v) is 5.42. The lowest BCUT2D eigenvalue weighted by Gasteiger charge is -2.23. The summed E-state index contributed by atoms with van der Waals surface area (Å²) in [6.07, 6.45) is 1.61. The Kier molecular flexibility index (Phi) is 3.04. The van der Waals surface area contributed by atoms with Crippen LogP contribution in [0.5, 0.6) is 0 Å². The van der Waals surface area contributed by atoms with Crippen molar-refractivity contribution in [3.63, 3.8) is 0 Å². The van der Waals surface area contributed by atoms with Crippen molar-refractivity contribution >= 4 is 34.7 Å². The number of oxime groups is 1. The molecule has 0 saturated heterocycles. The lowest BCUT2D eigenvalue weighted by molar-refractivity contribution is -0.124. The van der Waals surface area contributed by atoms with E-state index in [2.05, 4.69) is 5.16 Å². The van der Waals surface area contributed by atoms with Crippen molar-refractivity contribution in [3.8, 4) is 0 Å². The summed E-state index contributed by atoms with van der Waals surface area (Å²) in [6, 6.07) is 5.37. The maximum atomic E-state index is 11.4. The van der Waals surface area contributed by atoms with E-state index in [0.29, 0.717) is 22.9 Å².